The number of hydrogen-bond acceptors (Lipinski definition) is 2. The second-order valence-corrected chi connectivity index (χ2v) is 13.9. The van der Waals surface area contributed by atoms with Gasteiger partial charge in [-0.3, -0.25) is 0 Å². The SMILES string of the molecule is C[Si](C)(C)N[Si](N)(Cl)Cl. The minimum Gasteiger partial charge on any atom is -0.323 e. The fourth-order valence-electron chi connectivity index (χ4n) is 0.500. The van der Waals surface area contributed by atoms with Crippen LogP contribution in [0.2, 0.25) is 19.6 Å². The van der Waals surface area contributed by atoms with Crippen LogP contribution in [0.25, 0.3) is 0 Å². The molecule has 0 aromatic heterocycles. The van der Waals surface area contributed by atoms with E-state index in [0.717, 1.165) is 0 Å². The van der Waals surface area contributed by atoms with Crippen molar-refractivity contribution in [1.29, 1.82) is 0 Å². The van der Waals surface area contributed by atoms with E-state index in [0.29, 0.717) is 0 Å². The van der Waals surface area contributed by atoms with E-state index < -0.39 is 15.3 Å². The Morgan fingerprint density at radius 1 is 1.22 bits per heavy atom. The van der Waals surface area contributed by atoms with Gasteiger partial charge in [0.25, 0.3) is 0 Å². The molecule has 0 fully saturated rings. The summed E-state index contributed by atoms with van der Waals surface area (Å²) in [6, 6.07) is 0. The molecule has 6 heteroatoms. The molecule has 3 N–H and O–H groups in total. The molecule has 0 bridgehead atoms. The van der Waals surface area contributed by atoms with Crippen LogP contribution in [0.4, 0.5) is 0 Å². The van der Waals surface area contributed by atoms with Crippen molar-refractivity contribution < 1.29 is 0 Å². The van der Waals surface area contributed by atoms with Gasteiger partial charge in [-0.1, -0.05) is 19.6 Å². The van der Waals surface area contributed by atoms with Gasteiger partial charge < -0.3 is 10.0 Å². The zero-order valence-corrected chi connectivity index (χ0v) is 9.35. The lowest BCUT2D eigenvalue weighted by atomic mass is 11.8. The normalized spacial score (nSPS) is 14.0. The van der Waals surface area contributed by atoms with Gasteiger partial charge in [0.15, 0.2) is 0 Å². The zero-order chi connectivity index (χ0) is 7.71. The minimum absolute atomic E-state index is 1.37. The molecule has 0 aromatic carbocycles. The molecule has 0 radical (unpaired) electrons. The van der Waals surface area contributed by atoms with Gasteiger partial charge in [-0.2, -0.15) is 0 Å². The molecule has 0 saturated carbocycles. The highest BCUT2D eigenvalue weighted by Crippen LogP contribution is 2.06. The van der Waals surface area contributed by atoms with Crippen LogP contribution in [0.1, 0.15) is 0 Å². The Balaban J connectivity index is 3.75. The second kappa shape index (κ2) is 2.90. The van der Waals surface area contributed by atoms with Gasteiger partial charge in [0, 0.05) is 0 Å². The lowest BCUT2D eigenvalue weighted by Crippen LogP contribution is -2.60. The lowest BCUT2D eigenvalue weighted by molar-refractivity contribution is 1.36. The summed E-state index contributed by atoms with van der Waals surface area (Å²) in [6.45, 7) is 6.31. The third-order valence-corrected chi connectivity index (χ3v) is 6.58. The van der Waals surface area contributed by atoms with Crippen molar-refractivity contribution in [3.05, 3.63) is 0 Å². The number of hydrogen-bond donors (Lipinski definition) is 2. The summed E-state index contributed by atoms with van der Waals surface area (Å²) >= 11 is 11.2. The van der Waals surface area contributed by atoms with E-state index in [4.69, 9.17) is 27.6 Å². The molecule has 56 valence electrons. The van der Waals surface area contributed by atoms with Crippen LogP contribution < -0.4 is 10.0 Å². The van der Waals surface area contributed by atoms with Gasteiger partial charge in [-0.05, 0) is 0 Å². The van der Waals surface area contributed by atoms with Gasteiger partial charge in [-0.15, -0.1) is 22.2 Å². The molecular formula is C3H12Cl2N2Si2. The maximum Gasteiger partial charge on any atom is 0.393 e. The van der Waals surface area contributed by atoms with Crippen molar-refractivity contribution in [2.24, 2.45) is 5.40 Å². The van der Waals surface area contributed by atoms with Crippen LogP contribution in [0.5, 0.6) is 0 Å². The van der Waals surface area contributed by atoms with Crippen LogP contribution in [-0.2, 0) is 0 Å². The maximum atomic E-state index is 5.62. The van der Waals surface area contributed by atoms with E-state index in [2.05, 4.69) is 24.3 Å². The Morgan fingerprint density at radius 3 is 1.56 bits per heavy atom. The Bertz CT molecular complexity index is 83.0. The molecule has 0 spiro atoms. The predicted molar refractivity (Wildman–Crippen MR) is 48.1 cm³/mol. The average Bonchev–Trinajstić information content (AvgIpc) is 1.14. The summed E-state index contributed by atoms with van der Waals surface area (Å²) in [5.41, 5.74) is 0. The van der Waals surface area contributed by atoms with E-state index in [1.165, 1.54) is 0 Å². The van der Waals surface area contributed by atoms with Crippen LogP contribution in [-0.4, -0.2) is 15.3 Å². The first kappa shape index (κ1) is 9.93. The van der Waals surface area contributed by atoms with Crippen molar-refractivity contribution >= 4 is 37.4 Å². The van der Waals surface area contributed by atoms with Gasteiger partial charge >= 0.3 is 7.02 Å². The number of rotatable bonds is 2. The molecule has 0 aromatic rings. The van der Waals surface area contributed by atoms with E-state index in [1.807, 2.05) is 0 Å². The summed E-state index contributed by atoms with van der Waals surface area (Å²) in [6.07, 6.45) is 0. The Morgan fingerprint density at radius 2 is 1.56 bits per heavy atom. The third kappa shape index (κ3) is 8.93. The highest BCUT2D eigenvalue weighted by Gasteiger charge is 2.29. The zero-order valence-electron chi connectivity index (χ0n) is 5.83. The summed E-state index contributed by atoms with van der Waals surface area (Å²) < 4.78 is 3.04. The molecule has 0 heterocycles. The first-order chi connectivity index (χ1) is 3.71. The fraction of sp³-hybridized carbons (Fsp3) is 1.00. The molecule has 0 rings (SSSR count). The molecule has 0 aliphatic rings. The molecule has 0 unspecified atom stereocenters. The number of nitrogens with one attached hydrogen (secondary N) is 1. The molecule has 0 amide bonds. The first-order valence-electron chi connectivity index (χ1n) is 2.67. The predicted octanol–water partition coefficient (Wildman–Crippen LogP) is 1.28. The summed E-state index contributed by atoms with van der Waals surface area (Å²) in [5.74, 6) is 0. The summed E-state index contributed by atoms with van der Waals surface area (Å²) in [4.78, 5) is 0. The van der Waals surface area contributed by atoms with Crippen LogP contribution >= 0.6 is 22.2 Å². The maximum absolute atomic E-state index is 5.62. The Kier molecular flexibility index (Phi) is 3.20. The van der Waals surface area contributed by atoms with Crippen molar-refractivity contribution in [3.63, 3.8) is 0 Å². The van der Waals surface area contributed by atoms with Gasteiger partial charge in [0.1, 0.15) is 8.24 Å². The largest absolute Gasteiger partial charge is 0.393 e. The monoisotopic (exact) mass is 202 g/mol. The lowest BCUT2D eigenvalue weighted by Gasteiger charge is -2.23. The third-order valence-electron chi connectivity index (χ3n) is 0.542. The Hall–Kier alpha value is 0.934. The molecule has 0 atom stereocenters. The van der Waals surface area contributed by atoms with E-state index >= 15 is 0 Å². The Labute approximate surface area is 67.4 Å². The van der Waals surface area contributed by atoms with E-state index in [-0.39, 0.29) is 0 Å². The fourth-order valence-corrected chi connectivity index (χ4v) is 9.60. The molecule has 0 aliphatic carbocycles. The molecule has 2 nitrogen and oxygen atoms in total. The molecule has 9 heavy (non-hydrogen) atoms. The van der Waals surface area contributed by atoms with Crippen molar-refractivity contribution in [2.45, 2.75) is 19.6 Å². The second-order valence-electron chi connectivity index (χ2n) is 3.00. The molecular weight excluding hydrogens is 191 g/mol. The van der Waals surface area contributed by atoms with Crippen LogP contribution in [0.3, 0.4) is 0 Å². The number of halogens is 2. The van der Waals surface area contributed by atoms with Crippen LogP contribution in [0.15, 0.2) is 0 Å². The van der Waals surface area contributed by atoms with Crippen molar-refractivity contribution in [2.75, 3.05) is 0 Å². The molecule has 0 saturated heterocycles. The van der Waals surface area contributed by atoms with Gasteiger partial charge in [0.2, 0.25) is 0 Å². The quantitative estimate of drug-likeness (QED) is 0.524. The van der Waals surface area contributed by atoms with E-state index in [9.17, 15) is 0 Å². The average molecular weight is 203 g/mol. The first-order valence-corrected chi connectivity index (χ1v) is 10.3. The van der Waals surface area contributed by atoms with Crippen LogP contribution in [0, 0.1) is 0 Å². The minimum atomic E-state index is -2.54. The van der Waals surface area contributed by atoms with Crippen molar-refractivity contribution in [3.8, 4) is 0 Å². The van der Waals surface area contributed by atoms with E-state index in [1.54, 1.807) is 0 Å². The standard InChI is InChI=1S/C3H12Cl2N2Si2/c1-8(2,3)7-9(4,5)6/h7H,6H2,1-3H3. The van der Waals surface area contributed by atoms with Gasteiger partial charge in [-0.25, -0.2) is 0 Å². The summed E-state index contributed by atoms with van der Waals surface area (Å²) in [7, 11) is -3.91. The number of nitrogens with two attached hydrogens (primary N) is 1. The van der Waals surface area contributed by atoms with Gasteiger partial charge in [0.05, 0.1) is 0 Å². The highest BCUT2D eigenvalue weighted by molar-refractivity contribution is 7.44. The summed E-state index contributed by atoms with van der Waals surface area (Å²) in [5, 5.41) is 5.41. The highest BCUT2D eigenvalue weighted by atomic mass is 35.7. The topological polar surface area (TPSA) is 38.0 Å². The smallest absolute Gasteiger partial charge is 0.323 e. The molecule has 0 aliphatic heterocycles. The van der Waals surface area contributed by atoms with Crippen molar-refractivity contribution in [1.82, 2.24) is 4.65 Å².